The lowest BCUT2D eigenvalue weighted by atomic mass is 10.1. The van der Waals surface area contributed by atoms with Crippen molar-refractivity contribution in [2.75, 3.05) is 19.0 Å². The molecule has 7 heteroatoms. The highest BCUT2D eigenvalue weighted by molar-refractivity contribution is 5.74. The maximum absolute atomic E-state index is 11.3. The molecule has 0 fully saturated rings. The summed E-state index contributed by atoms with van der Waals surface area (Å²) in [4.78, 5) is 25.0. The quantitative estimate of drug-likeness (QED) is 0.602. The normalized spacial score (nSPS) is 10.7. The fourth-order valence-corrected chi connectivity index (χ4v) is 2.72. The van der Waals surface area contributed by atoms with Crippen LogP contribution in [0.2, 0.25) is 0 Å². The molecule has 7 nitrogen and oxygen atoms in total. The van der Waals surface area contributed by atoms with E-state index in [4.69, 9.17) is 9.51 Å². The predicted octanol–water partition coefficient (Wildman–Crippen LogP) is 3.22. The highest BCUT2D eigenvalue weighted by Crippen LogP contribution is 2.31. The van der Waals surface area contributed by atoms with Gasteiger partial charge in [0.2, 0.25) is 5.56 Å². The highest BCUT2D eigenvalue weighted by Gasteiger charge is 2.18. The van der Waals surface area contributed by atoms with Crippen molar-refractivity contribution in [3.8, 4) is 34.0 Å². The van der Waals surface area contributed by atoms with Gasteiger partial charge in [0.25, 0.3) is 0 Å². The van der Waals surface area contributed by atoms with E-state index in [1.165, 1.54) is 6.07 Å². The van der Waals surface area contributed by atoms with Gasteiger partial charge in [0.05, 0.1) is 11.9 Å². The molecule has 0 aliphatic rings. The van der Waals surface area contributed by atoms with Gasteiger partial charge < -0.3 is 14.4 Å². The molecule has 3 aromatic heterocycles. The molecule has 0 atom stereocenters. The van der Waals surface area contributed by atoms with Crippen molar-refractivity contribution >= 4 is 5.82 Å². The maximum atomic E-state index is 11.3. The Bertz CT molecular complexity index is 1110. The number of hydrogen-bond donors (Lipinski definition) is 1. The number of pyridine rings is 1. The lowest BCUT2D eigenvalue weighted by Gasteiger charge is -2.14. The smallest absolute Gasteiger partial charge is 0.247 e. The Morgan fingerprint density at radius 1 is 1.00 bits per heavy atom. The first-order valence-corrected chi connectivity index (χ1v) is 8.38. The molecule has 0 saturated heterocycles. The molecule has 0 unspecified atom stereocenters. The van der Waals surface area contributed by atoms with E-state index in [1.807, 2.05) is 55.4 Å². The van der Waals surface area contributed by atoms with Crippen molar-refractivity contribution in [1.82, 2.24) is 20.1 Å². The monoisotopic (exact) mass is 359 g/mol. The molecule has 0 amide bonds. The van der Waals surface area contributed by atoms with Gasteiger partial charge in [-0.15, -0.1) is 0 Å². The molecule has 134 valence electrons. The number of rotatable bonds is 4. The molecular formula is C20H17N5O2. The number of anilines is 1. The van der Waals surface area contributed by atoms with Crippen molar-refractivity contribution in [2.24, 2.45) is 0 Å². The van der Waals surface area contributed by atoms with Gasteiger partial charge in [-0.25, -0.2) is 9.97 Å². The molecule has 0 aliphatic heterocycles. The standard InChI is InChI=1S/C20H17N5O2/c1-25(2)20-19(17-10-15(24-27-17)13-6-4-3-5-7-13)23-16(12-22-20)14-8-9-18(26)21-11-14/h3-12H,1-2H3,(H,21,26). The minimum absolute atomic E-state index is 0.167. The topological polar surface area (TPSA) is 87.9 Å². The molecule has 1 N–H and O–H groups in total. The van der Waals surface area contributed by atoms with E-state index < -0.39 is 0 Å². The number of nitrogens with one attached hydrogen (secondary N) is 1. The summed E-state index contributed by atoms with van der Waals surface area (Å²) >= 11 is 0. The fraction of sp³-hybridized carbons (Fsp3) is 0.100. The van der Waals surface area contributed by atoms with Crippen LogP contribution in [0, 0.1) is 0 Å². The van der Waals surface area contributed by atoms with Crippen LogP contribution in [0.25, 0.3) is 34.0 Å². The summed E-state index contributed by atoms with van der Waals surface area (Å²) in [7, 11) is 3.78. The average Bonchev–Trinajstić information content (AvgIpc) is 3.19. The van der Waals surface area contributed by atoms with Gasteiger partial charge in [0, 0.05) is 43.6 Å². The second-order valence-electron chi connectivity index (χ2n) is 6.21. The minimum Gasteiger partial charge on any atom is -0.361 e. The summed E-state index contributed by atoms with van der Waals surface area (Å²) in [6, 6.07) is 14.8. The van der Waals surface area contributed by atoms with E-state index >= 15 is 0 Å². The molecule has 0 radical (unpaired) electrons. The number of H-pyrrole nitrogens is 1. The zero-order valence-corrected chi connectivity index (χ0v) is 14.9. The molecule has 3 heterocycles. The number of aromatic nitrogens is 4. The Morgan fingerprint density at radius 2 is 1.81 bits per heavy atom. The second-order valence-corrected chi connectivity index (χ2v) is 6.21. The maximum Gasteiger partial charge on any atom is 0.247 e. The zero-order chi connectivity index (χ0) is 18.8. The van der Waals surface area contributed by atoms with Gasteiger partial charge in [-0.05, 0) is 6.07 Å². The van der Waals surface area contributed by atoms with Gasteiger partial charge in [0.15, 0.2) is 17.3 Å². The van der Waals surface area contributed by atoms with Crippen LogP contribution in [0.15, 0.2) is 70.2 Å². The van der Waals surface area contributed by atoms with Gasteiger partial charge in [-0.3, -0.25) is 4.79 Å². The van der Waals surface area contributed by atoms with Crippen molar-refractivity contribution in [3.05, 3.63) is 71.3 Å². The molecule has 0 spiro atoms. The lowest BCUT2D eigenvalue weighted by Crippen LogP contribution is -2.13. The van der Waals surface area contributed by atoms with Gasteiger partial charge in [0.1, 0.15) is 5.69 Å². The SMILES string of the molecule is CN(C)c1ncc(-c2ccc(=O)[nH]c2)nc1-c1cc(-c2ccccc2)no1. The highest BCUT2D eigenvalue weighted by atomic mass is 16.5. The van der Waals surface area contributed by atoms with E-state index in [0.29, 0.717) is 23.0 Å². The second kappa shape index (κ2) is 6.87. The molecule has 0 saturated carbocycles. The Balaban J connectivity index is 1.81. The van der Waals surface area contributed by atoms with Gasteiger partial charge in [-0.2, -0.15) is 0 Å². The van der Waals surface area contributed by atoms with Crippen LogP contribution < -0.4 is 10.5 Å². The number of hydrogen-bond acceptors (Lipinski definition) is 6. The van der Waals surface area contributed by atoms with E-state index in [1.54, 1.807) is 18.5 Å². The Hall–Kier alpha value is -3.74. The molecular weight excluding hydrogens is 342 g/mol. The first-order valence-electron chi connectivity index (χ1n) is 8.38. The summed E-state index contributed by atoms with van der Waals surface area (Å²) in [5.41, 5.74) is 3.49. The first kappa shape index (κ1) is 16.7. The molecule has 4 rings (SSSR count). The van der Waals surface area contributed by atoms with E-state index in [2.05, 4.69) is 15.1 Å². The summed E-state index contributed by atoms with van der Waals surface area (Å²) in [6.07, 6.45) is 3.28. The van der Waals surface area contributed by atoms with Crippen LogP contribution in [-0.2, 0) is 0 Å². The summed E-state index contributed by atoms with van der Waals surface area (Å²) in [5.74, 6) is 1.19. The number of aromatic amines is 1. The minimum atomic E-state index is -0.167. The van der Waals surface area contributed by atoms with Crippen molar-refractivity contribution in [2.45, 2.75) is 0 Å². The Labute approximate surface area is 155 Å². The van der Waals surface area contributed by atoms with Crippen molar-refractivity contribution in [1.29, 1.82) is 0 Å². The largest absolute Gasteiger partial charge is 0.361 e. The van der Waals surface area contributed by atoms with Crippen LogP contribution in [0.4, 0.5) is 5.82 Å². The van der Waals surface area contributed by atoms with Crippen LogP contribution in [-0.4, -0.2) is 34.2 Å². The van der Waals surface area contributed by atoms with Crippen molar-refractivity contribution in [3.63, 3.8) is 0 Å². The zero-order valence-electron chi connectivity index (χ0n) is 14.9. The third kappa shape index (κ3) is 3.35. The molecule has 4 aromatic rings. The van der Waals surface area contributed by atoms with Gasteiger partial charge in [-0.1, -0.05) is 35.5 Å². The van der Waals surface area contributed by atoms with Gasteiger partial charge >= 0.3 is 0 Å². The van der Waals surface area contributed by atoms with Crippen LogP contribution in [0.1, 0.15) is 0 Å². The third-order valence-corrected chi connectivity index (χ3v) is 4.07. The predicted molar refractivity (Wildman–Crippen MR) is 103 cm³/mol. The van der Waals surface area contributed by atoms with Crippen LogP contribution in [0.5, 0.6) is 0 Å². The Kier molecular flexibility index (Phi) is 4.25. The third-order valence-electron chi connectivity index (χ3n) is 4.07. The fourth-order valence-electron chi connectivity index (χ4n) is 2.72. The molecule has 0 aliphatic carbocycles. The summed E-state index contributed by atoms with van der Waals surface area (Å²) < 4.78 is 5.57. The van der Waals surface area contributed by atoms with E-state index in [9.17, 15) is 4.79 Å². The molecule has 27 heavy (non-hydrogen) atoms. The van der Waals surface area contributed by atoms with Crippen molar-refractivity contribution < 1.29 is 4.52 Å². The Morgan fingerprint density at radius 3 is 2.52 bits per heavy atom. The number of benzene rings is 1. The van der Waals surface area contributed by atoms with Crippen LogP contribution >= 0.6 is 0 Å². The summed E-state index contributed by atoms with van der Waals surface area (Å²) in [6.45, 7) is 0. The molecule has 1 aromatic carbocycles. The first-order chi connectivity index (χ1) is 13.1. The van der Waals surface area contributed by atoms with E-state index in [-0.39, 0.29) is 5.56 Å². The molecule has 0 bridgehead atoms. The average molecular weight is 359 g/mol. The lowest BCUT2D eigenvalue weighted by molar-refractivity contribution is 0.433. The van der Waals surface area contributed by atoms with E-state index in [0.717, 1.165) is 16.8 Å². The number of nitrogens with zero attached hydrogens (tertiary/aromatic N) is 4. The summed E-state index contributed by atoms with van der Waals surface area (Å²) in [5, 5.41) is 4.17. The van der Waals surface area contributed by atoms with Crippen LogP contribution in [0.3, 0.4) is 0 Å².